The lowest BCUT2D eigenvalue weighted by Crippen LogP contribution is -2.33. The van der Waals surface area contributed by atoms with Crippen molar-refractivity contribution < 1.29 is 0 Å². The largest absolute Gasteiger partial charge is 0.384 e. The number of pyridine rings is 1. The van der Waals surface area contributed by atoms with E-state index in [2.05, 4.69) is 16.9 Å². The molecule has 3 N–H and O–H groups in total. The number of hydrogen-bond acceptors (Lipinski definition) is 5. The summed E-state index contributed by atoms with van der Waals surface area (Å²) in [4.78, 5) is 17.0. The van der Waals surface area contributed by atoms with E-state index in [-0.39, 0.29) is 16.9 Å². The summed E-state index contributed by atoms with van der Waals surface area (Å²) < 4.78 is 0. The predicted octanol–water partition coefficient (Wildman–Crippen LogP) is 3.13. The molecule has 0 radical (unpaired) electrons. The molecular weight excluding hydrogens is 338 g/mol. The minimum Gasteiger partial charge on any atom is -0.384 e. The van der Waals surface area contributed by atoms with Crippen LogP contribution in [0.1, 0.15) is 48.8 Å². The molecule has 1 heterocycles. The fourth-order valence-corrected chi connectivity index (χ4v) is 3.93. The van der Waals surface area contributed by atoms with Crippen LogP contribution in [-0.4, -0.2) is 23.0 Å². The van der Waals surface area contributed by atoms with Crippen molar-refractivity contribution in [2.24, 2.45) is 0 Å². The number of nitriles is 2. The van der Waals surface area contributed by atoms with Crippen molar-refractivity contribution in [2.45, 2.75) is 44.7 Å². The highest BCUT2D eigenvalue weighted by Crippen LogP contribution is 2.32. The van der Waals surface area contributed by atoms with Gasteiger partial charge in [0.25, 0.3) is 5.56 Å². The third-order valence-electron chi connectivity index (χ3n) is 5.37. The first-order chi connectivity index (χ1) is 13.1. The number of anilines is 1. The van der Waals surface area contributed by atoms with E-state index in [0.29, 0.717) is 23.7 Å². The summed E-state index contributed by atoms with van der Waals surface area (Å²) in [5, 5.41) is 19.1. The van der Waals surface area contributed by atoms with Crippen LogP contribution >= 0.6 is 0 Å². The monoisotopic (exact) mass is 361 g/mol. The van der Waals surface area contributed by atoms with Crippen LogP contribution in [0, 0.1) is 22.7 Å². The third kappa shape index (κ3) is 3.72. The maximum atomic E-state index is 12.2. The second-order valence-electron chi connectivity index (χ2n) is 7.08. The van der Waals surface area contributed by atoms with Gasteiger partial charge in [0.05, 0.1) is 0 Å². The number of aromatic nitrogens is 1. The fourth-order valence-electron chi connectivity index (χ4n) is 3.93. The summed E-state index contributed by atoms with van der Waals surface area (Å²) in [5.74, 6) is -0.00746. The van der Waals surface area contributed by atoms with Gasteiger partial charge in [-0.15, -0.1) is 0 Å². The molecule has 0 amide bonds. The summed E-state index contributed by atoms with van der Waals surface area (Å²) in [7, 11) is 2.11. The van der Waals surface area contributed by atoms with E-state index in [0.717, 1.165) is 5.56 Å². The summed E-state index contributed by atoms with van der Waals surface area (Å²) in [5.41, 5.74) is 7.37. The Kier molecular flexibility index (Phi) is 5.59. The van der Waals surface area contributed by atoms with E-state index in [1.165, 1.54) is 32.1 Å². The Bertz CT molecular complexity index is 974. The molecule has 0 bridgehead atoms. The van der Waals surface area contributed by atoms with Crippen LogP contribution in [0.5, 0.6) is 0 Å². The highest BCUT2D eigenvalue weighted by atomic mass is 16.1. The molecule has 2 aromatic rings. The molecule has 0 aliphatic heterocycles. The Morgan fingerprint density at radius 2 is 1.81 bits per heavy atom. The van der Waals surface area contributed by atoms with Crippen molar-refractivity contribution in [1.29, 1.82) is 10.5 Å². The maximum Gasteiger partial charge on any atom is 0.268 e. The Balaban J connectivity index is 2.08. The van der Waals surface area contributed by atoms with Gasteiger partial charge in [-0.1, -0.05) is 43.5 Å². The summed E-state index contributed by atoms with van der Waals surface area (Å²) >= 11 is 0. The number of H-pyrrole nitrogens is 1. The highest BCUT2D eigenvalue weighted by molar-refractivity contribution is 5.81. The maximum absolute atomic E-state index is 12.2. The SMILES string of the molecule is CN(Cc1ccccc1-c1c(C#N)c(N)[nH]c(=O)c1C#N)C1CCCCC1. The Labute approximate surface area is 158 Å². The van der Waals surface area contributed by atoms with Gasteiger partial charge in [0.2, 0.25) is 0 Å². The second-order valence-corrected chi connectivity index (χ2v) is 7.08. The predicted molar refractivity (Wildman–Crippen MR) is 105 cm³/mol. The van der Waals surface area contributed by atoms with Gasteiger partial charge in [0, 0.05) is 18.2 Å². The average Bonchev–Trinajstić information content (AvgIpc) is 2.68. The number of nitrogens with zero attached hydrogens (tertiary/aromatic N) is 3. The number of nitrogens with two attached hydrogens (primary N) is 1. The Morgan fingerprint density at radius 3 is 2.48 bits per heavy atom. The van der Waals surface area contributed by atoms with Gasteiger partial charge in [-0.25, -0.2) is 0 Å². The molecule has 1 aliphatic carbocycles. The summed E-state index contributed by atoms with van der Waals surface area (Å²) in [6, 6.07) is 12.1. The summed E-state index contributed by atoms with van der Waals surface area (Å²) in [6.07, 6.45) is 6.16. The minimum atomic E-state index is -0.570. The van der Waals surface area contributed by atoms with E-state index >= 15 is 0 Å². The van der Waals surface area contributed by atoms with E-state index < -0.39 is 5.56 Å². The van der Waals surface area contributed by atoms with Gasteiger partial charge >= 0.3 is 0 Å². The molecule has 0 saturated heterocycles. The molecule has 0 atom stereocenters. The molecule has 1 saturated carbocycles. The molecule has 27 heavy (non-hydrogen) atoms. The molecule has 0 unspecified atom stereocenters. The highest BCUT2D eigenvalue weighted by Gasteiger charge is 2.22. The lowest BCUT2D eigenvalue weighted by molar-refractivity contribution is 0.185. The normalized spacial score (nSPS) is 14.7. The van der Waals surface area contributed by atoms with Gasteiger partial charge < -0.3 is 10.7 Å². The lowest BCUT2D eigenvalue weighted by atomic mass is 9.91. The second kappa shape index (κ2) is 8.07. The van der Waals surface area contributed by atoms with Gasteiger partial charge in [0.15, 0.2) is 0 Å². The van der Waals surface area contributed by atoms with E-state index in [9.17, 15) is 15.3 Å². The van der Waals surface area contributed by atoms with Gasteiger partial charge in [-0.2, -0.15) is 10.5 Å². The van der Waals surface area contributed by atoms with Crippen molar-refractivity contribution in [3.63, 3.8) is 0 Å². The molecule has 1 aliphatic rings. The number of nitrogens with one attached hydrogen (secondary N) is 1. The van der Waals surface area contributed by atoms with Crippen LogP contribution in [-0.2, 0) is 6.54 Å². The first-order valence-corrected chi connectivity index (χ1v) is 9.21. The molecule has 3 rings (SSSR count). The van der Waals surface area contributed by atoms with Crippen molar-refractivity contribution >= 4 is 5.82 Å². The van der Waals surface area contributed by atoms with E-state index in [4.69, 9.17) is 5.73 Å². The zero-order valence-corrected chi connectivity index (χ0v) is 15.5. The van der Waals surface area contributed by atoms with E-state index in [1.807, 2.05) is 36.4 Å². The first kappa shape index (κ1) is 18.7. The quantitative estimate of drug-likeness (QED) is 0.869. The van der Waals surface area contributed by atoms with Crippen LogP contribution in [0.4, 0.5) is 5.82 Å². The average molecular weight is 361 g/mol. The van der Waals surface area contributed by atoms with E-state index in [1.54, 1.807) is 0 Å². The van der Waals surface area contributed by atoms with Crippen molar-refractivity contribution in [1.82, 2.24) is 9.88 Å². The van der Waals surface area contributed by atoms with Gasteiger partial charge in [-0.3, -0.25) is 9.69 Å². The minimum absolute atomic E-state index is 0.00746. The fraction of sp³-hybridized carbons (Fsp3) is 0.381. The van der Waals surface area contributed by atoms with Gasteiger partial charge in [-0.05, 0) is 31.0 Å². The first-order valence-electron chi connectivity index (χ1n) is 9.21. The van der Waals surface area contributed by atoms with Crippen LogP contribution in [0.25, 0.3) is 11.1 Å². The molecule has 0 spiro atoms. The summed E-state index contributed by atoms with van der Waals surface area (Å²) in [6.45, 7) is 0.684. The van der Waals surface area contributed by atoms with Crippen LogP contribution in [0.2, 0.25) is 0 Å². The smallest absolute Gasteiger partial charge is 0.268 e. The molecule has 138 valence electrons. The zero-order valence-electron chi connectivity index (χ0n) is 15.5. The lowest BCUT2D eigenvalue weighted by Gasteiger charge is -2.31. The Hall–Kier alpha value is -3.09. The van der Waals surface area contributed by atoms with Crippen molar-refractivity contribution in [3.8, 4) is 23.3 Å². The standard InChI is InChI=1S/C21H23N5O/c1-26(15-8-3-2-4-9-15)13-14-7-5-6-10-16(14)19-17(11-22)20(24)25-21(27)18(19)12-23/h5-7,10,15H,2-4,8-9,13H2,1H3,(H3,24,25,27). The number of aromatic amines is 1. The topological polar surface area (TPSA) is 110 Å². The van der Waals surface area contributed by atoms with Crippen LogP contribution in [0.3, 0.4) is 0 Å². The zero-order chi connectivity index (χ0) is 19.4. The van der Waals surface area contributed by atoms with Crippen molar-refractivity contribution in [2.75, 3.05) is 12.8 Å². The Morgan fingerprint density at radius 1 is 1.15 bits per heavy atom. The molecular formula is C21H23N5O. The number of rotatable bonds is 4. The van der Waals surface area contributed by atoms with Crippen molar-refractivity contribution in [3.05, 3.63) is 51.3 Å². The molecule has 6 nitrogen and oxygen atoms in total. The third-order valence-corrected chi connectivity index (χ3v) is 5.37. The number of benzene rings is 1. The molecule has 1 aromatic heterocycles. The molecule has 1 fully saturated rings. The van der Waals surface area contributed by atoms with Gasteiger partial charge in [0.1, 0.15) is 29.1 Å². The number of nitrogen functional groups attached to an aromatic ring is 1. The number of hydrogen-bond donors (Lipinski definition) is 2. The van der Waals surface area contributed by atoms with Crippen LogP contribution in [0.15, 0.2) is 29.1 Å². The molecule has 1 aromatic carbocycles. The van der Waals surface area contributed by atoms with Crippen LogP contribution < -0.4 is 11.3 Å². The molecule has 6 heteroatoms.